The Balaban J connectivity index is 1.49. The maximum atomic E-state index is 11.9. The van der Waals surface area contributed by atoms with E-state index in [-0.39, 0.29) is 5.91 Å². The molecule has 0 atom stereocenters. The van der Waals surface area contributed by atoms with Gasteiger partial charge in [-0.05, 0) is 18.6 Å². The highest BCUT2D eigenvalue weighted by Crippen LogP contribution is 2.15. The van der Waals surface area contributed by atoms with Crippen LogP contribution in [-0.2, 0) is 4.79 Å². The predicted molar refractivity (Wildman–Crippen MR) is 106 cm³/mol. The van der Waals surface area contributed by atoms with Gasteiger partial charge in [-0.15, -0.1) is 0 Å². The number of nitrogens with zero attached hydrogens (tertiary/aromatic N) is 2. The topological polar surface area (TPSA) is 35.6 Å². The van der Waals surface area contributed by atoms with Crippen LogP contribution in [0, 0.1) is 0 Å². The molecule has 0 radical (unpaired) electrons. The van der Waals surface area contributed by atoms with Crippen LogP contribution in [0.1, 0.15) is 51.9 Å². The Morgan fingerprint density at radius 2 is 1.64 bits per heavy atom. The van der Waals surface area contributed by atoms with Gasteiger partial charge in [0, 0.05) is 51.4 Å². The number of anilines is 1. The van der Waals surface area contributed by atoms with Crippen molar-refractivity contribution in [3.05, 3.63) is 30.3 Å². The molecule has 0 spiro atoms. The fraction of sp³-hybridized carbons (Fsp3) is 0.667. The Kier molecular flexibility index (Phi) is 9.42. The highest BCUT2D eigenvalue weighted by molar-refractivity contribution is 5.75. The Labute approximate surface area is 153 Å². The van der Waals surface area contributed by atoms with Crippen molar-refractivity contribution in [2.24, 2.45) is 0 Å². The van der Waals surface area contributed by atoms with Crippen LogP contribution in [0.3, 0.4) is 0 Å². The Hall–Kier alpha value is -1.55. The molecule has 0 aromatic heterocycles. The SMILES string of the molecule is CCCCCCCCC(=O)NCCN1CCN(c2ccccc2)CC1. The number of piperazine rings is 1. The zero-order chi connectivity index (χ0) is 17.7. The second-order valence-corrected chi connectivity index (χ2v) is 7.03. The summed E-state index contributed by atoms with van der Waals surface area (Å²) >= 11 is 0. The molecule has 1 amide bonds. The summed E-state index contributed by atoms with van der Waals surface area (Å²) in [6.07, 6.45) is 8.10. The molecule has 0 saturated carbocycles. The van der Waals surface area contributed by atoms with Gasteiger partial charge < -0.3 is 10.2 Å². The van der Waals surface area contributed by atoms with Gasteiger partial charge in [0.1, 0.15) is 0 Å². The van der Waals surface area contributed by atoms with E-state index in [0.717, 1.165) is 45.7 Å². The van der Waals surface area contributed by atoms with E-state index in [1.54, 1.807) is 0 Å². The Bertz CT molecular complexity index is 469. The van der Waals surface area contributed by atoms with Gasteiger partial charge in [0.15, 0.2) is 0 Å². The standard InChI is InChI=1S/C21H35N3O/c1-2-3-4-5-6-10-13-21(25)22-14-15-23-16-18-24(19-17-23)20-11-8-7-9-12-20/h7-9,11-12H,2-6,10,13-19H2,1H3,(H,22,25). The van der Waals surface area contributed by atoms with E-state index in [9.17, 15) is 4.79 Å². The Morgan fingerprint density at radius 1 is 0.960 bits per heavy atom. The number of hydrogen-bond donors (Lipinski definition) is 1. The second kappa shape index (κ2) is 11.9. The van der Waals surface area contributed by atoms with E-state index in [0.29, 0.717) is 6.42 Å². The molecule has 4 heteroatoms. The third-order valence-corrected chi connectivity index (χ3v) is 5.00. The van der Waals surface area contributed by atoms with Gasteiger partial charge in [0.25, 0.3) is 0 Å². The van der Waals surface area contributed by atoms with Gasteiger partial charge in [-0.25, -0.2) is 0 Å². The van der Waals surface area contributed by atoms with Crippen molar-refractivity contribution >= 4 is 11.6 Å². The molecule has 0 bridgehead atoms. The zero-order valence-electron chi connectivity index (χ0n) is 15.9. The minimum absolute atomic E-state index is 0.221. The van der Waals surface area contributed by atoms with Crippen molar-refractivity contribution in [2.75, 3.05) is 44.2 Å². The maximum absolute atomic E-state index is 11.9. The van der Waals surface area contributed by atoms with Crippen LogP contribution < -0.4 is 10.2 Å². The smallest absolute Gasteiger partial charge is 0.220 e. The van der Waals surface area contributed by atoms with E-state index in [2.05, 4.69) is 52.4 Å². The number of carbonyl (C=O) groups excluding carboxylic acids is 1. The molecule has 140 valence electrons. The van der Waals surface area contributed by atoms with Crippen molar-refractivity contribution in [2.45, 2.75) is 51.9 Å². The number of rotatable bonds is 11. The molecule has 1 aromatic carbocycles. The zero-order valence-corrected chi connectivity index (χ0v) is 15.9. The molecule has 25 heavy (non-hydrogen) atoms. The number of para-hydroxylation sites is 1. The van der Waals surface area contributed by atoms with Gasteiger partial charge in [0.2, 0.25) is 5.91 Å². The number of nitrogens with one attached hydrogen (secondary N) is 1. The molecular weight excluding hydrogens is 310 g/mol. The molecule has 1 heterocycles. The molecule has 1 N–H and O–H groups in total. The summed E-state index contributed by atoms with van der Waals surface area (Å²) in [4.78, 5) is 16.8. The summed E-state index contributed by atoms with van der Waals surface area (Å²) in [5, 5.41) is 3.08. The predicted octanol–water partition coefficient (Wildman–Crippen LogP) is 3.68. The first-order chi connectivity index (χ1) is 12.3. The van der Waals surface area contributed by atoms with Gasteiger partial charge >= 0.3 is 0 Å². The second-order valence-electron chi connectivity index (χ2n) is 7.03. The summed E-state index contributed by atoms with van der Waals surface area (Å²) in [7, 11) is 0. The number of benzene rings is 1. The van der Waals surface area contributed by atoms with Gasteiger partial charge in [-0.1, -0.05) is 57.2 Å². The fourth-order valence-electron chi connectivity index (χ4n) is 3.38. The molecular formula is C21H35N3O. The lowest BCUT2D eigenvalue weighted by Crippen LogP contribution is -2.48. The van der Waals surface area contributed by atoms with Crippen LogP contribution in [0.5, 0.6) is 0 Å². The molecule has 1 aromatic rings. The van der Waals surface area contributed by atoms with Crippen LogP contribution in [0.25, 0.3) is 0 Å². The monoisotopic (exact) mass is 345 g/mol. The van der Waals surface area contributed by atoms with Crippen molar-refractivity contribution in [3.8, 4) is 0 Å². The lowest BCUT2D eigenvalue weighted by molar-refractivity contribution is -0.121. The molecule has 1 aliphatic rings. The van der Waals surface area contributed by atoms with Crippen molar-refractivity contribution < 1.29 is 4.79 Å². The maximum Gasteiger partial charge on any atom is 0.220 e. The van der Waals surface area contributed by atoms with Crippen LogP contribution in [-0.4, -0.2) is 50.1 Å². The van der Waals surface area contributed by atoms with Crippen molar-refractivity contribution in [1.29, 1.82) is 0 Å². The summed E-state index contributed by atoms with van der Waals surface area (Å²) in [5.74, 6) is 0.221. The van der Waals surface area contributed by atoms with Gasteiger partial charge in [-0.3, -0.25) is 9.69 Å². The fourth-order valence-corrected chi connectivity index (χ4v) is 3.38. The number of carbonyl (C=O) groups is 1. The average Bonchev–Trinajstić information content (AvgIpc) is 2.66. The summed E-state index contributed by atoms with van der Waals surface area (Å²) in [6.45, 7) is 8.25. The largest absolute Gasteiger partial charge is 0.369 e. The summed E-state index contributed by atoms with van der Waals surface area (Å²) in [5.41, 5.74) is 1.31. The van der Waals surface area contributed by atoms with Crippen molar-refractivity contribution in [3.63, 3.8) is 0 Å². The lowest BCUT2D eigenvalue weighted by atomic mass is 10.1. The first-order valence-electron chi connectivity index (χ1n) is 10.1. The number of amides is 1. The number of unbranched alkanes of at least 4 members (excludes halogenated alkanes) is 5. The minimum atomic E-state index is 0.221. The van der Waals surface area contributed by atoms with E-state index >= 15 is 0 Å². The summed E-state index contributed by atoms with van der Waals surface area (Å²) < 4.78 is 0. The third-order valence-electron chi connectivity index (χ3n) is 5.00. The first kappa shape index (κ1) is 19.8. The van der Waals surface area contributed by atoms with Crippen LogP contribution in [0.2, 0.25) is 0 Å². The molecule has 2 rings (SSSR count). The van der Waals surface area contributed by atoms with E-state index in [4.69, 9.17) is 0 Å². The van der Waals surface area contributed by atoms with Gasteiger partial charge in [0.05, 0.1) is 0 Å². The van der Waals surface area contributed by atoms with E-state index in [1.807, 2.05) is 0 Å². The van der Waals surface area contributed by atoms with E-state index < -0.39 is 0 Å². The van der Waals surface area contributed by atoms with E-state index in [1.165, 1.54) is 37.8 Å². The minimum Gasteiger partial charge on any atom is -0.369 e. The quantitative estimate of drug-likeness (QED) is 0.622. The van der Waals surface area contributed by atoms with Crippen molar-refractivity contribution in [1.82, 2.24) is 10.2 Å². The van der Waals surface area contributed by atoms with Crippen LogP contribution >= 0.6 is 0 Å². The third kappa shape index (κ3) is 7.91. The molecule has 0 aliphatic carbocycles. The Morgan fingerprint density at radius 3 is 2.36 bits per heavy atom. The molecule has 1 saturated heterocycles. The molecule has 4 nitrogen and oxygen atoms in total. The summed E-state index contributed by atoms with van der Waals surface area (Å²) in [6, 6.07) is 10.6. The highest BCUT2D eigenvalue weighted by atomic mass is 16.1. The normalized spacial score (nSPS) is 15.3. The van der Waals surface area contributed by atoms with Crippen LogP contribution in [0.15, 0.2) is 30.3 Å². The average molecular weight is 346 g/mol. The van der Waals surface area contributed by atoms with Gasteiger partial charge in [-0.2, -0.15) is 0 Å². The first-order valence-corrected chi connectivity index (χ1v) is 10.1. The highest BCUT2D eigenvalue weighted by Gasteiger charge is 2.16. The molecule has 1 aliphatic heterocycles. The molecule has 0 unspecified atom stereocenters. The molecule has 1 fully saturated rings. The van der Waals surface area contributed by atoms with Crippen LogP contribution in [0.4, 0.5) is 5.69 Å². The lowest BCUT2D eigenvalue weighted by Gasteiger charge is -2.36. The number of hydrogen-bond acceptors (Lipinski definition) is 3.